The molecule has 0 radical (unpaired) electrons. The molecule has 0 bridgehead atoms. The molecular weight excluding hydrogens is 247 g/mol. The van der Waals surface area contributed by atoms with Gasteiger partial charge in [-0.25, -0.2) is 0 Å². The van der Waals surface area contributed by atoms with Gasteiger partial charge in [0, 0.05) is 12.3 Å². The molecule has 0 saturated carbocycles. The molecular formula is C12H12Cl2O2. The highest BCUT2D eigenvalue weighted by Crippen LogP contribution is 2.38. The van der Waals surface area contributed by atoms with Gasteiger partial charge in [0.2, 0.25) is 0 Å². The fourth-order valence-electron chi connectivity index (χ4n) is 1.53. The van der Waals surface area contributed by atoms with Crippen molar-refractivity contribution in [1.29, 1.82) is 0 Å². The van der Waals surface area contributed by atoms with Crippen molar-refractivity contribution in [3.05, 3.63) is 28.8 Å². The molecule has 0 spiro atoms. The van der Waals surface area contributed by atoms with Gasteiger partial charge < -0.3 is 9.47 Å². The van der Waals surface area contributed by atoms with Crippen LogP contribution in [0.1, 0.15) is 12.0 Å². The third-order valence-corrected chi connectivity index (χ3v) is 2.68. The highest BCUT2D eigenvalue weighted by molar-refractivity contribution is 6.32. The number of halogens is 2. The summed E-state index contributed by atoms with van der Waals surface area (Å²) in [5, 5.41) is 0.577. The topological polar surface area (TPSA) is 18.5 Å². The van der Waals surface area contributed by atoms with Gasteiger partial charge in [0.15, 0.2) is 11.5 Å². The molecule has 0 aliphatic carbocycles. The van der Waals surface area contributed by atoms with E-state index in [0.717, 1.165) is 12.0 Å². The number of hydrogen-bond acceptors (Lipinski definition) is 2. The van der Waals surface area contributed by atoms with E-state index in [-0.39, 0.29) is 0 Å². The predicted octanol–water partition coefficient (Wildman–Crippen LogP) is 3.75. The zero-order valence-corrected chi connectivity index (χ0v) is 10.2. The molecule has 1 aromatic carbocycles. The maximum absolute atomic E-state index is 6.13. The molecule has 1 aliphatic rings. The molecule has 0 atom stereocenters. The van der Waals surface area contributed by atoms with Gasteiger partial charge >= 0.3 is 0 Å². The normalized spacial score (nSPS) is 15.1. The molecule has 2 nitrogen and oxygen atoms in total. The number of rotatable bonds is 2. The minimum absolute atomic E-state index is 0.478. The van der Waals surface area contributed by atoms with Crippen LogP contribution < -0.4 is 9.47 Å². The van der Waals surface area contributed by atoms with Crippen LogP contribution in [0.25, 0.3) is 6.08 Å². The van der Waals surface area contributed by atoms with E-state index in [1.165, 1.54) is 0 Å². The zero-order valence-electron chi connectivity index (χ0n) is 8.71. The number of alkyl halides is 1. The van der Waals surface area contributed by atoms with Gasteiger partial charge in [0.25, 0.3) is 0 Å². The monoisotopic (exact) mass is 258 g/mol. The summed E-state index contributed by atoms with van der Waals surface area (Å²) >= 11 is 11.7. The molecule has 1 aromatic rings. The van der Waals surface area contributed by atoms with Crippen LogP contribution in [0.4, 0.5) is 0 Å². The third-order valence-electron chi connectivity index (χ3n) is 2.22. The van der Waals surface area contributed by atoms with Gasteiger partial charge in [-0.1, -0.05) is 23.8 Å². The van der Waals surface area contributed by atoms with E-state index >= 15 is 0 Å². The molecule has 0 fully saturated rings. The van der Waals surface area contributed by atoms with E-state index in [0.29, 0.717) is 35.6 Å². The van der Waals surface area contributed by atoms with Gasteiger partial charge in [-0.3, -0.25) is 0 Å². The lowest BCUT2D eigenvalue weighted by Crippen LogP contribution is -1.97. The lowest BCUT2D eigenvalue weighted by atomic mass is 10.2. The average molecular weight is 259 g/mol. The fourth-order valence-corrected chi connectivity index (χ4v) is 1.89. The van der Waals surface area contributed by atoms with Crippen molar-refractivity contribution in [3.63, 3.8) is 0 Å². The number of fused-ring (bicyclic) bond motifs is 1. The number of ether oxygens (including phenoxy) is 2. The van der Waals surface area contributed by atoms with E-state index in [2.05, 4.69) is 0 Å². The minimum Gasteiger partial charge on any atom is -0.489 e. The van der Waals surface area contributed by atoms with Crippen molar-refractivity contribution >= 4 is 29.3 Å². The van der Waals surface area contributed by atoms with Gasteiger partial charge in [-0.15, -0.1) is 11.6 Å². The minimum atomic E-state index is 0.478. The van der Waals surface area contributed by atoms with Crippen LogP contribution in [0.2, 0.25) is 5.02 Å². The molecule has 4 heteroatoms. The van der Waals surface area contributed by atoms with Crippen molar-refractivity contribution in [1.82, 2.24) is 0 Å². The van der Waals surface area contributed by atoms with E-state index in [1.54, 1.807) is 0 Å². The van der Waals surface area contributed by atoms with Crippen LogP contribution in [0.5, 0.6) is 11.5 Å². The smallest absolute Gasteiger partial charge is 0.179 e. The van der Waals surface area contributed by atoms with Gasteiger partial charge in [0.1, 0.15) is 0 Å². The Kier molecular flexibility index (Phi) is 3.97. The van der Waals surface area contributed by atoms with Gasteiger partial charge in [-0.05, 0) is 17.7 Å². The van der Waals surface area contributed by atoms with E-state index in [1.807, 2.05) is 24.3 Å². The Balaban J connectivity index is 2.35. The molecule has 16 heavy (non-hydrogen) atoms. The van der Waals surface area contributed by atoms with Crippen LogP contribution in [-0.4, -0.2) is 19.1 Å². The van der Waals surface area contributed by atoms with E-state index < -0.39 is 0 Å². The molecule has 0 amide bonds. The van der Waals surface area contributed by atoms with Crippen molar-refractivity contribution in [2.75, 3.05) is 19.1 Å². The van der Waals surface area contributed by atoms with Crippen LogP contribution in [0, 0.1) is 0 Å². The van der Waals surface area contributed by atoms with Gasteiger partial charge in [-0.2, -0.15) is 0 Å². The van der Waals surface area contributed by atoms with Crippen molar-refractivity contribution in [2.24, 2.45) is 0 Å². The molecule has 0 unspecified atom stereocenters. The summed E-state index contributed by atoms with van der Waals surface area (Å²) in [6.45, 7) is 1.30. The molecule has 0 aromatic heterocycles. The predicted molar refractivity (Wildman–Crippen MR) is 66.8 cm³/mol. The Morgan fingerprint density at radius 2 is 2.06 bits per heavy atom. The maximum Gasteiger partial charge on any atom is 0.179 e. The molecule has 0 N–H and O–H groups in total. The second-order valence-corrected chi connectivity index (χ2v) is 4.15. The van der Waals surface area contributed by atoms with Crippen LogP contribution in [0.3, 0.4) is 0 Å². The number of benzene rings is 1. The number of hydrogen-bond donors (Lipinski definition) is 0. The van der Waals surface area contributed by atoms with Crippen LogP contribution in [0.15, 0.2) is 18.2 Å². The molecule has 86 valence electrons. The standard InChI is InChI=1S/C12H12Cl2O2/c13-4-1-3-9-7-10(14)12-11(8-9)15-5-2-6-16-12/h1,3,7-8H,2,4-6H2. The molecule has 1 heterocycles. The Labute approximate surface area is 105 Å². The van der Waals surface area contributed by atoms with E-state index in [4.69, 9.17) is 32.7 Å². The highest BCUT2D eigenvalue weighted by atomic mass is 35.5. The first-order valence-electron chi connectivity index (χ1n) is 5.13. The highest BCUT2D eigenvalue weighted by Gasteiger charge is 2.14. The number of allylic oxidation sites excluding steroid dienone is 1. The molecule has 0 saturated heterocycles. The van der Waals surface area contributed by atoms with Crippen molar-refractivity contribution in [3.8, 4) is 11.5 Å². The second kappa shape index (κ2) is 5.46. The first-order chi connectivity index (χ1) is 7.81. The SMILES string of the molecule is ClCC=Cc1cc(Cl)c2c(c1)OCCCO2. The summed E-state index contributed by atoms with van der Waals surface area (Å²) in [6, 6.07) is 3.76. The Hall–Kier alpha value is -0.860. The summed E-state index contributed by atoms with van der Waals surface area (Å²) < 4.78 is 11.1. The molecule has 1 aliphatic heterocycles. The van der Waals surface area contributed by atoms with Crippen LogP contribution in [-0.2, 0) is 0 Å². The molecule has 2 rings (SSSR count). The van der Waals surface area contributed by atoms with Gasteiger partial charge in [0.05, 0.1) is 18.2 Å². The van der Waals surface area contributed by atoms with Crippen molar-refractivity contribution in [2.45, 2.75) is 6.42 Å². The van der Waals surface area contributed by atoms with Crippen molar-refractivity contribution < 1.29 is 9.47 Å². The maximum atomic E-state index is 6.13. The quantitative estimate of drug-likeness (QED) is 0.753. The Morgan fingerprint density at radius 3 is 2.88 bits per heavy atom. The van der Waals surface area contributed by atoms with Crippen LogP contribution >= 0.6 is 23.2 Å². The summed E-state index contributed by atoms with van der Waals surface area (Å²) in [5.74, 6) is 1.83. The third kappa shape index (κ3) is 2.63. The Bertz CT molecular complexity index is 402. The summed E-state index contributed by atoms with van der Waals surface area (Å²) in [4.78, 5) is 0. The summed E-state index contributed by atoms with van der Waals surface area (Å²) in [5.41, 5.74) is 0.968. The lowest BCUT2D eigenvalue weighted by Gasteiger charge is -2.09. The fraction of sp³-hybridized carbons (Fsp3) is 0.333. The van der Waals surface area contributed by atoms with E-state index in [9.17, 15) is 0 Å². The second-order valence-electron chi connectivity index (χ2n) is 3.44. The Morgan fingerprint density at radius 1 is 1.25 bits per heavy atom. The summed E-state index contributed by atoms with van der Waals surface area (Å²) in [7, 11) is 0. The largest absolute Gasteiger partial charge is 0.489 e. The first-order valence-corrected chi connectivity index (χ1v) is 6.04. The lowest BCUT2D eigenvalue weighted by molar-refractivity contribution is 0.297. The first kappa shape index (κ1) is 11.6. The average Bonchev–Trinajstić information content (AvgIpc) is 2.51. The summed E-state index contributed by atoms with van der Waals surface area (Å²) in [6.07, 6.45) is 4.64. The zero-order chi connectivity index (χ0) is 11.4.